The topological polar surface area (TPSA) is 42.1 Å². The number of nitrogens with zero attached hydrogens (tertiary/aromatic N) is 2. The van der Waals surface area contributed by atoms with E-state index in [0.29, 0.717) is 12.1 Å². The lowest BCUT2D eigenvalue weighted by Gasteiger charge is -2.38. The van der Waals surface area contributed by atoms with E-state index in [0.717, 1.165) is 13.0 Å². The lowest BCUT2D eigenvalue weighted by atomic mass is 9.89. The van der Waals surface area contributed by atoms with Gasteiger partial charge in [0.1, 0.15) is 0 Å². The fourth-order valence-corrected chi connectivity index (χ4v) is 3.06. The summed E-state index contributed by atoms with van der Waals surface area (Å²) in [4.78, 5) is 6.46. The highest BCUT2D eigenvalue weighted by Gasteiger charge is 2.26. The molecule has 1 aromatic heterocycles. The summed E-state index contributed by atoms with van der Waals surface area (Å²) in [6.45, 7) is 0.965. The fraction of sp³-hybridized carbons (Fsp3) is 0.438. The molecule has 2 atom stereocenters. The first-order valence-corrected chi connectivity index (χ1v) is 7.15. The molecule has 2 N–H and O–H groups in total. The third-order valence-corrected chi connectivity index (χ3v) is 4.19. The largest absolute Gasteiger partial charge is 0.369 e. The normalized spacial score (nSPS) is 27.2. The summed E-state index contributed by atoms with van der Waals surface area (Å²) in [5, 5.41) is 0. The van der Waals surface area contributed by atoms with Gasteiger partial charge in [-0.3, -0.25) is 4.98 Å². The van der Waals surface area contributed by atoms with E-state index in [1.54, 1.807) is 0 Å². The van der Waals surface area contributed by atoms with E-state index in [1.807, 2.05) is 12.4 Å². The van der Waals surface area contributed by atoms with Gasteiger partial charge in [-0.15, -0.1) is 0 Å². The summed E-state index contributed by atoms with van der Waals surface area (Å²) in [6, 6.07) is 4.95. The molecule has 0 saturated heterocycles. The van der Waals surface area contributed by atoms with Crippen molar-refractivity contribution in [2.45, 2.75) is 37.8 Å². The number of hydrogen-bond acceptors (Lipinski definition) is 3. The number of aromatic nitrogens is 1. The van der Waals surface area contributed by atoms with E-state index in [1.165, 1.54) is 30.4 Å². The minimum absolute atomic E-state index is 0.328. The van der Waals surface area contributed by atoms with E-state index in [9.17, 15) is 0 Å². The molecule has 0 unspecified atom stereocenters. The Labute approximate surface area is 114 Å². The van der Waals surface area contributed by atoms with Gasteiger partial charge in [-0.2, -0.15) is 0 Å². The molecule has 19 heavy (non-hydrogen) atoms. The molecule has 0 radical (unpaired) electrons. The van der Waals surface area contributed by atoms with Crippen LogP contribution in [0, 0.1) is 0 Å². The SMILES string of the molecule is N[C@@H]1CCCC[C@@H]1N1C=CC(c2ccncc2)=CC1. The van der Waals surface area contributed by atoms with Gasteiger partial charge in [0.05, 0.1) is 0 Å². The van der Waals surface area contributed by atoms with Crippen LogP contribution in [0.25, 0.3) is 5.57 Å². The number of hydrogen-bond donors (Lipinski definition) is 1. The second-order valence-corrected chi connectivity index (χ2v) is 5.42. The van der Waals surface area contributed by atoms with Gasteiger partial charge in [-0.1, -0.05) is 18.9 Å². The van der Waals surface area contributed by atoms with Crippen LogP contribution < -0.4 is 5.73 Å². The van der Waals surface area contributed by atoms with E-state index >= 15 is 0 Å². The Hall–Kier alpha value is -1.61. The first-order valence-electron chi connectivity index (χ1n) is 7.15. The van der Waals surface area contributed by atoms with Crippen molar-refractivity contribution in [2.24, 2.45) is 5.73 Å². The van der Waals surface area contributed by atoms with Crippen molar-refractivity contribution in [3.05, 3.63) is 48.4 Å². The molecule has 3 rings (SSSR count). The zero-order valence-electron chi connectivity index (χ0n) is 11.2. The van der Waals surface area contributed by atoms with Crippen molar-refractivity contribution in [1.29, 1.82) is 0 Å². The zero-order chi connectivity index (χ0) is 13.1. The quantitative estimate of drug-likeness (QED) is 0.883. The lowest BCUT2D eigenvalue weighted by Crippen LogP contribution is -2.47. The Bertz CT molecular complexity index is 478. The molecular weight excluding hydrogens is 234 g/mol. The minimum atomic E-state index is 0.328. The predicted molar refractivity (Wildman–Crippen MR) is 78.3 cm³/mol. The monoisotopic (exact) mass is 255 g/mol. The van der Waals surface area contributed by atoms with Crippen LogP contribution in [-0.2, 0) is 0 Å². The summed E-state index contributed by atoms with van der Waals surface area (Å²) in [5.41, 5.74) is 8.77. The number of rotatable bonds is 2. The number of nitrogens with two attached hydrogens (primary N) is 1. The van der Waals surface area contributed by atoms with Gasteiger partial charge in [0.15, 0.2) is 0 Å². The Morgan fingerprint density at radius 1 is 1.16 bits per heavy atom. The van der Waals surface area contributed by atoms with Crippen LogP contribution in [0.5, 0.6) is 0 Å². The van der Waals surface area contributed by atoms with Gasteiger partial charge in [0.2, 0.25) is 0 Å². The van der Waals surface area contributed by atoms with Crippen molar-refractivity contribution in [3.63, 3.8) is 0 Å². The highest BCUT2D eigenvalue weighted by molar-refractivity contribution is 5.74. The second kappa shape index (κ2) is 5.57. The van der Waals surface area contributed by atoms with Gasteiger partial charge in [0, 0.05) is 37.2 Å². The summed E-state index contributed by atoms with van der Waals surface area (Å²) in [5.74, 6) is 0. The molecule has 1 saturated carbocycles. The molecule has 0 spiro atoms. The van der Waals surface area contributed by atoms with E-state index in [2.05, 4.69) is 40.4 Å². The first kappa shape index (κ1) is 12.4. The van der Waals surface area contributed by atoms with Gasteiger partial charge in [0.25, 0.3) is 0 Å². The average Bonchev–Trinajstić information content (AvgIpc) is 2.49. The van der Waals surface area contributed by atoms with Crippen molar-refractivity contribution in [1.82, 2.24) is 9.88 Å². The van der Waals surface area contributed by atoms with E-state index in [-0.39, 0.29) is 0 Å². The summed E-state index contributed by atoms with van der Waals surface area (Å²) in [6.07, 6.45) is 15.4. The van der Waals surface area contributed by atoms with Crippen molar-refractivity contribution < 1.29 is 0 Å². The molecule has 2 aliphatic rings. The second-order valence-electron chi connectivity index (χ2n) is 5.42. The number of pyridine rings is 1. The van der Waals surface area contributed by atoms with Crippen LogP contribution in [0.3, 0.4) is 0 Å². The van der Waals surface area contributed by atoms with Gasteiger partial charge in [-0.05, 0) is 42.2 Å². The molecule has 1 aromatic rings. The Balaban J connectivity index is 1.69. The van der Waals surface area contributed by atoms with Gasteiger partial charge < -0.3 is 10.6 Å². The highest BCUT2D eigenvalue weighted by atomic mass is 15.2. The maximum Gasteiger partial charge on any atom is 0.0439 e. The van der Waals surface area contributed by atoms with Crippen LogP contribution in [0.2, 0.25) is 0 Å². The third kappa shape index (κ3) is 2.71. The molecule has 0 aromatic carbocycles. The Morgan fingerprint density at radius 2 is 1.95 bits per heavy atom. The molecule has 100 valence electrons. The number of allylic oxidation sites excluding steroid dienone is 2. The Morgan fingerprint density at radius 3 is 2.63 bits per heavy atom. The molecule has 3 heteroatoms. The Kier molecular flexibility index (Phi) is 3.65. The van der Waals surface area contributed by atoms with Crippen LogP contribution in [0.4, 0.5) is 0 Å². The molecule has 3 nitrogen and oxygen atoms in total. The molecule has 0 bridgehead atoms. The highest BCUT2D eigenvalue weighted by Crippen LogP contribution is 2.26. The molecule has 1 fully saturated rings. The maximum atomic E-state index is 6.25. The summed E-state index contributed by atoms with van der Waals surface area (Å²) in [7, 11) is 0. The van der Waals surface area contributed by atoms with Gasteiger partial charge >= 0.3 is 0 Å². The van der Waals surface area contributed by atoms with Crippen LogP contribution in [-0.4, -0.2) is 28.5 Å². The lowest BCUT2D eigenvalue weighted by molar-refractivity contribution is 0.206. The smallest absolute Gasteiger partial charge is 0.0439 e. The molecule has 2 heterocycles. The van der Waals surface area contributed by atoms with E-state index in [4.69, 9.17) is 5.73 Å². The van der Waals surface area contributed by atoms with Gasteiger partial charge in [-0.25, -0.2) is 0 Å². The van der Waals surface area contributed by atoms with Crippen molar-refractivity contribution in [3.8, 4) is 0 Å². The summed E-state index contributed by atoms with van der Waals surface area (Å²) < 4.78 is 0. The average molecular weight is 255 g/mol. The molecule has 1 aliphatic carbocycles. The zero-order valence-corrected chi connectivity index (χ0v) is 11.2. The standard InChI is InChI=1S/C16H21N3/c17-15-3-1-2-4-16(15)19-11-7-14(8-12-19)13-5-9-18-10-6-13/h5-11,15-16H,1-4,12,17H2/t15-,16+/m1/s1. The third-order valence-electron chi connectivity index (χ3n) is 4.19. The predicted octanol–water partition coefficient (Wildman–Crippen LogP) is 2.56. The maximum absolute atomic E-state index is 6.25. The van der Waals surface area contributed by atoms with Crippen LogP contribution in [0.1, 0.15) is 31.2 Å². The molecule has 1 aliphatic heterocycles. The molecular formula is C16H21N3. The minimum Gasteiger partial charge on any atom is -0.369 e. The summed E-state index contributed by atoms with van der Waals surface area (Å²) >= 11 is 0. The van der Waals surface area contributed by atoms with E-state index < -0.39 is 0 Å². The van der Waals surface area contributed by atoms with Crippen molar-refractivity contribution >= 4 is 5.57 Å². The fourth-order valence-electron chi connectivity index (χ4n) is 3.06. The van der Waals surface area contributed by atoms with Crippen LogP contribution >= 0.6 is 0 Å². The van der Waals surface area contributed by atoms with Crippen LogP contribution in [0.15, 0.2) is 42.9 Å². The first-order chi connectivity index (χ1) is 9.34. The van der Waals surface area contributed by atoms with Crippen molar-refractivity contribution in [2.75, 3.05) is 6.54 Å². The molecule has 0 amide bonds.